The molecule has 0 atom stereocenters. The van der Waals surface area contributed by atoms with Crippen LogP contribution < -0.4 is 4.74 Å². The number of aromatic nitrogens is 1. The van der Waals surface area contributed by atoms with E-state index in [1.807, 2.05) is 60.0 Å². The summed E-state index contributed by atoms with van der Waals surface area (Å²) >= 11 is 1.63. The van der Waals surface area contributed by atoms with Gasteiger partial charge in [0.05, 0.1) is 23.4 Å². The van der Waals surface area contributed by atoms with Crippen LogP contribution in [0.5, 0.6) is 5.75 Å². The highest BCUT2D eigenvalue weighted by Gasteiger charge is 2.19. The third-order valence-electron chi connectivity index (χ3n) is 4.68. The zero-order chi connectivity index (χ0) is 21.8. The topological polar surface area (TPSA) is 98.7 Å². The Morgan fingerprint density at radius 2 is 1.65 bits per heavy atom. The van der Waals surface area contributed by atoms with Gasteiger partial charge in [0.2, 0.25) is 0 Å². The first kappa shape index (κ1) is 19.8. The van der Waals surface area contributed by atoms with Crippen LogP contribution in [-0.2, 0) is 0 Å². The van der Waals surface area contributed by atoms with E-state index in [4.69, 9.17) is 19.7 Å². The number of hydrogen-bond donors (Lipinski definition) is 0. The van der Waals surface area contributed by atoms with Crippen molar-refractivity contribution in [1.29, 1.82) is 15.8 Å². The first-order chi connectivity index (χ1) is 15.2. The highest BCUT2D eigenvalue weighted by atomic mass is 32.1. The van der Waals surface area contributed by atoms with Crippen LogP contribution in [0.3, 0.4) is 0 Å². The predicted octanol–water partition coefficient (Wildman–Crippen LogP) is 5.80. The number of nitrogens with zero attached hydrogens (tertiary/aromatic N) is 4. The molecule has 4 aromatic rings. The Morgan fingerprint density at radius 1 is 0.903 bits per heavy atom. The molecule has 0 radical (unpaired) electrons. The quantitative estimate of drug-likeness (QED) is 0.379. The van der Waals surface area contributed by atoms with Gasteiger partial charge in [-0.3, -0.25) is 0 Å². The molecule has 148 valence electrons. The van der Waals surface area contributed by atoms with Crippen LogP contribution in [0.25, 0.3) is 33.3 Å². The number of hydrogen-bond acceptors (Lipinski definition) is 6. The molecule has 0 fully saturated rings. The van der Waals surface area contributed by atoms with E-state index in [0.717, 1.165) is 27.7 Å². The number of rotatable bonds is 5. The largest absolute Gasteiger partial charge is 0.497 e. The van der Waals surface area contributed by atoms with Gasteiger partial charge < -0.3 is 13.7 Å². The fourth-order valence-electron chi connectivity index (χ4n) is 3.24. The highest BCUT2D eigenvalue weighted by molar-refractivity contribution is 7.13. The van der Waals surface area contributed by atoms with Crippen molar-refractivity contribution >= 4 is 16.9 Å². The summed E-state index contributed by atoms with van der Waals surface area (Å²) in [6.07, 6.45) is 0. The van der Waals surface area contributed by atoms with Crippen LogP contribution in [0.15, 0.2) is 76.0 Å². The molecule has 31 heavy (non-hydrogen) atoms. The van der Waals surface area contributed by atoms with Crippen molar-refractivity contribution in [2.75, 3.05) is 7.11 Å². The molecule has 0 bridgehead atoms. The van der Waals surface area contributed by atoms with Crippen molar-refractivity contribution in [1.82, 2.24) is 4.57 Å². The van der Waals surface area contributed by atoms with Gasteiger partial charge in [-0.25, -0.2) is 0 Å². The van der Waals surface area contributed by atoms with Gasteiger partial charge in [0, 0.05) is 5.69 Å². The Morgan fingerprint density at radius 3 is 2.26 bits per heavy atom. The molecule has 0 saturated heterocycles. The van der Waals surface area contributed by atoms with Crippen LogP contribution in [0.4, 0.5) is 0 Å². The molecule has 0 saturated carbocycles. The van der Waals surface area contributed by atoms with E-state index in [1.54, 1.807) is 42.7 Å². The summed E-state index contributed by atoms with van der Waals surface area (Å²) in [6, 6.07) is 24.3. The molecule has 1 aromatic carbocycles. The fraction of sp³-hybridized carbons (Fsp3) is 0.0417. The summed E-state index contributed by atoms with van der Waals surface area (Å²) in [5.74, 6) is 1.44. The Kier molecular flexibility index (Phi) is 5.41. The lowest BCUT2D eigenvalue weighted by molar-refractivity contribution is 0.415. The zero-order valence-electron chi connectivity index (χ0n) is 16.4. The number of ether oxygens (including phenoxy) is 1. The second kappa shape index (κ2) is 8.47. The molecule has 0 aliphatic rings. The molecule has 6 nitrogen and oxygen atoms in total. The smallest absolute Gasteiger partial charge is 0.151 e. The average Bonchev–Trinajstić information content (AvgIpc) is 3.57. The maximum Gasteiger partial charge on any atom is 0.151 e. The van der Waals surface area contributed by atoms with Gasteiger partial charge in [0.25, 0.3) is 0 Å². The number of allylic oxidation sites excluding steroid dienone is 2. The van der Waals surface area contributed by atoms with Crippen molar-refractivity contribution in [2.45, 2.75) is 0 Å². The minimum atomic E-state index is -0.284. The van der Waals surface area contributed by atoms with Crippen LogP contribution >= 0.6 is 11.3 Å². The zero-order valence-corrected chi connectivity index (χ0v) is 17.2. The minimum Gasteiger partial charge on any atom is -0.497 e. The molecule has 3 heterocycles. The monoisotopic (exact) mass is 422 g/mol. The van der Waals surface area contributed by atoms with Crippen LogP contribution in [0.2, 0.25) is 0 Å². The summed E-state index contributed by atoms with van der Waals surface area (Å²) in [4.78, 5) is 1.09. The van der Waals surface area contributed by atoms with E-state index in [2.05, 4.69) is 4.57 Å². The van der Waals surface area contributed by atoms with Crippen molar-refractivity contribution in [2.24, 2.45) is 0 Å². The Bertz CT molecular complexity index is 1370. The van der Waals surface area contributed by atoms with E-state index >= 15 is 0 Å². The third-order valence-corrected chi connectivity index (χ3v) is 5.57. The van der Waals surface area contributed by atoms with Crippen LogP contribution in [0, 0.1) is 34.0 Å². The van der Waals surface area contributed by atoms with Crippen molar-refractivity contribution in [3.63, 3.8) is 0 Å². The SMILES string of the molecule is COc1ccc(-n2c(-c3ccc(C(C#N)=C(C#N)C#N)o3)ccc2-c2cccs2)cc1. The molecule has 0 aliphatic heterocycles. The van der Waals surface area contributed by atoms with E-state index in [1.165, 1.54) is 0 Å². The molecule has 4 rings (SSSR count). The van der Waals surface area contributed by atoms with Crippen LogP contribution in [-0.4, -0.2) is 11.7 Å². The second-order valence-corrected chi connectivity index (χ2v) is 7.31. The normalized spacial score (nSPS) is 10.0. The lowest BCUT2D eigenvalue weighted by Crippen LogP contribution is -1.98. The molecule has 7 heteroatoms. The minimum absolute atomic E-state index is 0.0858. The van der Waals surface area contributed by atoms with E-state index in [9.17, 15) is 5.26 Å². The maximum atomic E-state index is 9.42. The molecular weight excluding hydrogens is 408 g/mol. The number of nitriles is 3. The number of furan rings is 1. The summed E-state index contributed by atoms with van der Waals surface area (Å²) in [5.41, 5.74) is 2.30. The Balaban J connectivity index is 1.88. The average molecular weight is 422 g/mol. The molecule has 0 unspecified atom stereocenters. The van der Waals surface area contributed by atoms with Gasteiger partial charge in [0.1, 0.15) is 35.3 Å². The van der Waals surface area contributed by atoms with Crippen molar-refractivity contribution in [3.05, 3.63) is 77.4 Å². The number of thiophene rings is 1. The summed E-state index contributed by atoms with van der Waals surface area (Å²) in [6.45, 7) is 0. The summed E-state index contributed by atoms with van der Waals surface area (Å²) in [7, 11) is 1.62. The Labute approximate surface area is 182 Å². The van der Waals surface area contributed by atoms with Crippen molar-refractivity contribution < 1.29 is 9.15 Å². The third kappa shape index (κ3) is 3.60. The summed E-state index contributed by atoms with van der Waals surface area (Å²) in [5, 5.41) is 29.7. The highest BCUT2D eigenvalue weighted by Crippen LogP contribution is 2.36. The number of benzene rings is 1. The first-order valence-corrected chi connectivity index (χ1v) is 10.0. The van der Waals surface area contributed by atoms with E-state index in [-0.39, 0.29) is 16.9 Å². The fourth-order valence-corrected chi connectivity index (χ4v) is 3.98. The molecular formula is C24H14N4O2S. The standard InChI is InChI=1S/C24H14N4O2S/c1-29-18-6-4-17(5-7-18)28-20(8-9-21(28)24-3-2-12-31-24)23-11-10-22(30-23)19(15-27)16(13-25)14-26/h2-12H,1H3. The van der Waals surface area contributed by atoms with E-state index in [0.29, 0.717) is 5.76 Å². The molecule has 0 amide bonds. The van der Waals surface area contributed by atoms with E-state index < -0.39 is 0 Å². The van der Waals surface area contributed by atoms with Gasteiger partial charge in [-0.05, 0) is 60.0 Å². The van der Waals surface area contributed by atoms with Crippen molar-refractivity contribution in [3.8, 4) is 51.7 Å². The predicted molar refractivity (Wildman–Crippen MR) is 117 cm³/mol. The van der Waals surface area contributed by atoms with Gasteiger partial charge in [-0.2, -0.15) is 15.8 Å². The maximum absolute atomic E-state index is 9.42. The van der Waals surface area contributed by atoms with Gasteiger partial charge >= 0.3 is 0 Å². The number of methoxy groups -OCH3 is 1. The lowest BCUT2D eigenvalue weighted by atomic mass is 10.1. The molecule has 0 N–H and O–H groups in total. The second-order valence-electron chi connectivity index (χ2n) is 6.36. The van der Waals surface area contributed by atoms with Gasteiger partial charge in [0.15, 0.2) is 11.3 Å². The molecule has 0 spiro atoms. The van der Waals surface area contributed by atoms with Gasteiger partial charge in [-0.1, -0.05) is 6.07 Å². The van der Waals surface area contributed by atoms with Crippen LogP contribution in [0.1, 0.15) is 5.76 Å². The molecule has 3 aromatic heterocycles. The Hall–Kier alpha value is -4.51. The van der Waals surface area contributed by atoms with Gasteiger partial charge in [-0.15, -0.1) is 11.3 Å². The first-order valence-electron chi connectivity index (χ1n) is 9.15. The molecule has 0 aliphatic carbocycles. The lowest BCUT2D eigenvalue weighted by Gasteiger charge is -2.12. The summed E-state index contributed by atoms with van der Waals surface area (Å²) < 4.78 is 13.3.